The Morgan fingerprint density at radius 2 is 1.24 bits per heavy atom. The summed E-state index contributed by atoms with van der Waals surface area (Å²) < 4.78 is 0. The molecule has 2 heterocycles. The fourth-order valence-corrected chi connectivity index (χ4v) is 17.1. The third-order valence-electron chi connectivity index (χ3n) is 6.77. The summed E-state index contributed by atoms with van der Waals surface area (Å²) in [5, 5.41) is 0. The monoisotopic (exact) mass is 394 g/mol. The van der Waals surface area contributed by atoms with Crippen LogP contribution in [0.1, 0.15) is 25.7 Å². The fourth-order valence-electron chi connectivity index (χ4n) is 6.84. The Morgan fingerprint density at radius 1 is 0.800 bits per heavy atom. The van der Waals surface area contributed by atoms with E-state index in [1.165, 1.54) is 12.8 Å². The molecule has 4 atom stereocenters. The Kier molecular flexibility index (Phi) is 7.10. The van der Waals surface area contributed by atoms with Crippen LogP contribution in [0.2, 0.25) is 76.0 Å². The van der Waals surface area contributed by atoms with Gasteiger partial charge in [-0.05, 0) is 49.4 Å². The maximum absolute atomic E-state index is 4.03. The number of hydrogen-bond donors (Lipinski definition) is 0. The molecule has 0 aromatic heterocycles. The van der Waals surface area contributed by atoms with Crippen molar-refractivity contribution in [2.45, 2.75) is 102 Å². The van der Waals surface area contributed by atoms with Gasteiger partial charge in [0.05, 0.1) is 0 Å². The topological polar surface area (TPSA) is 0 Å². The zero-order valence-corrected chi connectivity index (χ0v) is 21.5. The van der Waals surface area contributed by atoms with Crippen LogP contribution in [0.3, 0.4) is 0 Å². The molecule has 0 bridgehead atoms. The van der Waals surface area contributed by atoms with Crippen molar-refractivity contribution in [3.05, 3.63) is 12.7 Å². The predicted octanol–water partition coefficient (Wildman–Crippen LogP) is 7.98. The molecule has 2 aliphatic rings. The standard InChI is InChI=1S/C22H46Si3/c1-9-10-19-11-20(16-24(5,6)15-19)12-21-13-22(14-23(2,3)4)18-25(7,8)17-21/h9,19-22H,1,10-18H2,2-8H3. The minimum absolute atomic E-state index is 0.916. The van der Waals surface area contributed by atoms with Crippen LogP contribution in [0, 0.1) is 23.7 Å². The SMILES string of the molecule is C=CCC1CC(CC2CC(C[Si](C)(C)C)C[Si](C)(C)C2)C[Si](C)(C)C1. The third-order valence-corrected chi connectivity index (χ3v) is 15.3. The molecule has 3 heteroatoms. The molecule has 4 unspecified atom stereocenters. The lowest BCUT2D eigenvalue weighted by atomic mass is 9.84. The second-order valence-corrected chi connectivity index (χ2v) is 28.4. The van der Waals surface area contributed by atoms with Crippen molar-refractivity contribution in [3.8, 4) is 0 Å². The Hall–Kier alpha value is 0.391. The number of allylic oxidation sites excluding steroid dienone is 1. The van der Waals surface area contributed by atoms with Crippen LogP contribution < -0.4 is 0 Å². The van der Waals surface area contributed by atoms with Gasteiger partial charge in [0.1, 0.15) is 0 Å². The molecule has 0 saturated carbocycles. The summed E-state index contributed by atoms with van der Waals surface area (Å²) in [6.45, 7) is 22.5. The first-order valence-electron chi connectivity index (χ1n) is 11.0. The average molecular weight is 395 g/mol. The molecular formula is C22H46Si3. The van der Waals surface area contributed by atoms with Crippen LogP contribution in [0.15, 0.2) is 12.7 Å². The largest absolute Gasteiger partial charge is 0.103 e. The van der Waals surface area contributed by atoms with Gasteiger partial charge in [0.2, 0.25) is 0 Å². The molecular weight excluding hydrogens is 349 g/mol. The van der Waals surface area contributed by atoms with E-state index in [0.717, 1.165) is 23.7 Å². The molecule has 0 amide bonds. The summed E-state index contributed by atoms with van der Waals surface area (Å²) in [7, 11) is -2.83. The molecule has 0 N–H and O–H groups in total. The zero-order chi connectivity index (χ0) is 18.9. The van der Waals surface area contributed by atoms with Crippen molar-refractivity contribution < 1.29 is 0 Å². The molecule has 25 heavy (non-hydrogen) atoms. The van der Waals surface area contributed by atoms with Gasteiger partial charge in [-0.25, -0.2) is 0 Å². The number of rotatable bonds is 6. The van der Waals surface area contributed by atoms with E-state index in [9.17, 15) is 0 Å². The number of hydrogen-bond acceptors (Lipinski definition) is 0. The lowest BCUT2D eigenvalue weighted by Crippen LogP contribution is -2.41. The Balaban J connectivity index is 2.00. The van der Waals surface area contributed by atoms with Crippen molar-refractivity contribution in [2.24, 2.45) is 23.7 Å². The molecule has 0 aromatic carbocycles. The van der Waals surface area contributed by atoms with Crippen LogP contribution >= 0.6 is 0 Å². The Labute approximate surface area is 162 Å². The quantitative estimate of drug-likeness (QED) is 0.316. The van der Waals surface area contributed by atoms with E-state index in [1.807, 2.05) is 0 Å². The van der Waals surface area contributed by atoms with Crippen molar-refractivity contribution >= 4 is 24.2 Å². The highest BCUT2D eigenvalue weighted by Gasteiger charge is 2.40. The second-order valence-electron chi connectivity index (χ2n) is 12.6. The summed E-state index contributed by atoms with van der Waals surface area (Å²) in [5.41, 5.74) is 0. The normalized spacial score (nSPS) is 35.3. The van der Waals surface area contributed by atoms with Gasteiger partial charge >= 0.3 is 0 Å². The van der Waals surface area contributed by atoms with Crippen LogP contribution in [-0.4, -0.2) is 24.2 Å². The highest BCUT2D eigenvalue weighted by molar-refractivity contribution is 6.79. The molecule has 2 saturated heterocycles. The van der Waals surface area contributed by atoms with E-state index < -0.39 is 24.2 Å². The average Bonchev–Trinajstić information content (AvgIpc) is 2.32. The highest BCUT2D eigenvalue weighted by Crippen LogP contribution is 2.47. The minimum Gasteiger partial charge on any atom is -0.103 e. The molecule has 0 nitrogen and oxygen atoms in total. The van der Waals surface area contributed by atoms with Crippen LogP contribution in [0.4, 0.5) is 0 Å². The molecule has 0 radical (unpaired) electrons. The predicted molar refractivity (Wildman–Crippen MR) is 125 cm³/mol. The van der Waals surface area contributed by atoms with E-state index in [-0.39, 0.29) is 0 Å². The molecule has 0 spiro atoms. The fraction of sp³-hybridized carbons (Fsp3) is 0.909. The first-order valence-corrected chi connectivity index (χ1v) is 21.5. The first-order chi connectivity index (χ1) is 11.4. The molecule has 2 rings (SSSR count). The summed E-state index contributed by atoms with van der Waals surface area (Å²) in [4.78, 5) is 0. The van der Waals surface area contributed by atoms with E-state index >= 15 is 0 Å². The zero-order valence-electron chi connectivity index (χ0n) is 18.5. The van der Waals surface area contributed by atoms with Gasteiger partial charge in [-0.2, -0.15) is 0 Å². The van der Waals surface area contributed by atoms with Gasteiger partial charge in [-0.3, -0.25) is 0 Å². The second kappa shape index (κ2) is 8.18. The summed E-state index contributed by atoms with van der Waals surface area (Å²) >= 11 is 0. The van der Waals surface area contributed by atoms with Gasteiger partial charge in [0.25, 0.3) is 0 Å². The Morgan fingerprint density at radius 3 is 1.72 bits per heavy atom. The van der Waals surface area contributed by atoms with E-state index in [0.29, 0.717) is 0 Å². The highest BCUT2D eigenvalue weighted by atomic mass is 28.3. The van der Waals surface area contributed by atoms with E-state index in [1.54, 1.807) is 43.1 Å². The molecule has 0 aromatic rings. The molecule has 146 valence electrons. The van der Waals surface area contributed by atoms with Gasteiger partial charge in [-0.1, -0.05) is 82.1 Å². The summed E-state index contributed by atoms with van der Waals surface area (Å²) in [6.07, 6.45) is 8.13. The molecule has 2 fully saturated rings. The lowest BCUT2D eigenvalue weighted by molar-refractivity contribution is 0.287. The summed E-state index contributed by atoms with van der Waals surface area (Å²) in [6, 6.07) is 8.00. The molecule has 2 aliphatic heterocycles. The van der Waals surface area contributed by atoms with Crippen molar-refractivity contribution in [1.29, 1.82) is 0 Å². The third kappa shape index (κ3) is 7.50. The summed E-state index contributed by atoms with van der Waals surface area (Å²) in [5.74, 6) is 4.14. The Bertz CT molecular complexity index is 445. The first kappa shape index (κ1) is 21.7. The van der Waals surface area contributed by atoms with Gasteiger partial charge in [0.15, 0.2) is 0 Å². The van der Waals surface area contributed by atoms with E-state index in [4.69, 9.17) is 0 Å². The van der Waals surface area contributed by atoms with Gasteiger partial charge in [-0.15, -0.1) is 6.58 Å². The van der Waals surface area contributed by atoms with Crippen LogP contribution in [0.5, 0.6) is 0 Å². The lowest BCUT2D eigenvalue weighted by Gasteiger charge is -2.44. The molecule has 0 aliphatic carbocycles. The van der Waals surface area contributed by atoms with Gasteiger partial charge in [0, 0.05) is 24.2 Å². The van der Waals surface area contributed by atoms with Crippen LogP contribution in [0.25, 0.3) is 0 Å². The maximum Gasteiger partial charge on any atom is 0.0479 e. The minimum atomic E-state index is -0.959. The van der Waals surface area contributed by atoms with Crippen molar-refractivity contribution in [3.63, 3.8) is 0 Å². The van der Waals surface area contributed by atoms with Crippen LogP contribution in [-0.2, 0) is 0 Å². The van der Waals surface area contributed by atoms with E-state index in [2.05, 4.69) is 58.5 Å². The maximum atomic E-state index is 4.03. The van der Waals surface area contributed by atoms with Crippen molar-refractivity contribution in [1.82, 2.24) is 0 Å². The smallest absolute Gasteiger partial charge is 0.0479 e. The van der Waals surface area contributed by atoms with Gasteiger partial charge < -0.3 is 0 Å². The van der Waals surface area contributed by atoms with Crippen molar-refractivity contribution in [2.75, 3.05) is 0 Å².